The predicted molar refractivity (Wildman–Crippen MR) is 126 cm³/mol. The highest BCUT2D eigenvalue weighted by molar-refractivity contribution is 6.32. The quantitative estimate of drug-likeness (QED) is 0.435. The van der Waals surface area contributed by atoms with Gasteiger partial charge in [0.2, 0.25) is 0 Å². The first-order valence-electron chi connectivity index (χ1n) is 11.2. The number of H-pyrrole nitrogens is 1. The highest BCUT2D eigenvalue weighted by atomic mass is 35.5. The van der Waals surface area contributed by atoms with Crippen LogP contribution in [0.2, 0.25) is 5.02 Å². The van der Waals surface area contributed by atoms with Gasteiger partial charge in [-0.2, -0.15) is 0 Å². The number of halogens is 4. The second-order valence-corrected chi connectivity index (χ2v) is 9.12. The Morgan fingerprint density at radius 3 is 2.56 bits per heavy atom. The normalized spacial score (nSPS) is 21.9. The molecule has 1 saturated carbocycles. The Morgan fingerprint density at radius 1 is 1.18 bits per heavy atom. The maximum Gasteiger partial charge on any atom is 0.573 e. The summed E-state index contributed by atoms with van der Waals surface area (Å²) in [5.41, 5.74) is 6.09. The lowest BCUT2D eigenvalue weighted by Crippen LogP contribution is -2.49. The number of ether oxygens (including phenoxy) is 2. The summed E-state index contributed by atoms with van der Waals surface area (Å²) in [6.07, 6.45) is -0.574. The lowest BCUT2D eigenvalue weighted by atomic mass is 9.63. The molecule has 3 aromatic rings. The van der Waals surface area contributed by atoms with Gasteiger partial charge in [0.25, 0.3) is 5.56 Å². The molecule has 9 heteroatoms. The average molecular weight is 495 g/mol. The van der Waals surface area contributed by atoms with E-state index in [1.54, 1.807) is 36.5 Å². The Labute approximate surface area is 200 Å². The van der Waals surface area contributed by atoms with Crippen LogP contribution in [0, 0.1) is 0 Å². The molecule has 0 radical (unpaired) electrons. The third-order valence-corrected chi connectivity index (χ3v) is 7.04. The van der Waals surface area contributed by atoms with Gasteiger partial charge in [-0.25, -0.2) is 0 Å². The molecule has 3 N–H and O–H groups in total. The molecule has 0 bridgehead atoms. The van der Waals surface area contributed by atoms with Crippen molar-refractivity contribution in [3.63, 3.8) is 0 Å². The molecule has 1 aromatic heterocycles. The van der Waals surface area contributed by atoms with Gasteiger partial charge in [0, 0.05) is 28.6 Å². The molecule has 1 aliphatic carbocycles. The zero-order chi connectivity index (χ0) is 24.5. The zero-order valence-electron chi connectivity index (χ0n) is 18.6. The first-order chi connectivity index (χ1) is 16.1. The van der Waals surface area contributed by atoms with Crippen LogP contribution in [0.15, 0.2) is 53.5 Å². The van der Waals surface area contributed by atoms with Gasteiger partial charge in [-0.3, -0.25) is 4.79 Å². The van der Waals surface area contributed by atoms with Crippen LogP contribution in [-0.4, -0.2) is 23.5 Å². The first kappa shape index (κ1) is 24.4. The number of alkyl halides is 3. The van der Waals surface area contributed by atoms with Crippen molar-refractivity contribution in [3.05, 3.63) is 69.6 Å². The molecule has 1 fully saturated rings. The van der Waals surface area contributed by atoms with E-state index in [0.717, 1.165) is 0 Å². The molecule has 1 unspecified atom stereocenters. The fourth-order valence-electron chi connectivity index (χ4n) is 5.00. The number of para-hydroxylation sites is 1. The third-order valence-electron chi connectivity index (χ3n) is 6.74. The summed E-state index contributed by atoms with van der Waals surface area (Å²) in [5, 5.41) is 1.51. The number of rotatable bonds is 6. The van der Waals surface area contributed by atoms with Gasteiger partial charge >= 0.3 is 6.36 Å². The van der Waals surface area contributed by atoms with Crippen LogP contribution in [0.3, 0.4) is 0 Å². The van der Waals surface area contributed by atoms with Gasteiger partial charge < -0.3 is 20.2 Å². The minimum absolute atomic E-state index is 0.190. The fourth-order valence-corrected chi connectivity index (χ4v) is 5.21. The molecular weight excluding hydrogens is 469 g/mol. The van der Waals surface area contributed by atoms with Crippen LogP contribution in [0.5, 0.6) is 11.5 Å². The second-order valence-electron chi connectivity index (χ2n) is 8.71. The number of fused-ring (bicyclic) bond motifs is 1. The summed E-state index contributed by atoms with van der Waals surface area (Å²) in [6, 6.07) is 11.0. The average Bonchev–Trinajstić information content (AvgIpc) is 2.80. The van der Waals surface area contributed by atoms with E-state index in [0.29, 0.717) is 59.2 Å². The molecule has 1 atom stereocenters. The summed E-state index contributed by atoms with van der Waals surface area (Å²) in [5.74, 6) is 0.263. The highest BCUT2D eigenvalue weighted by Gasteiger charge is 2.44. The highest BCUT2D eigenvalue weighted by Crippen LogP contribution is 2.47. The smallest absolute Gasteiger partial charge is 0.489 e. The Bertz CT molecular complexity index is 1220. The largest absolute Gasteiger partial charge is 0.573 e. The SMILES string of the molecule is CCC(N)[C@]1(c2ccccc2OC(F)(F)F)CC[C@H](Oc2cc3cc[nH]c(=O)c3cc2Cl)CC1. The second kappa shape index (κ2) is 9.50. The van der Waals surface area contributed by atoms with Crippen molar-refractivity contribution in [2.75, 3.05) is 0 Å². The molecule has 34 heavy (non-hydrogen) atoms. The number of nitrogens with two attached hydrogens (primary N) is 1. The Morgan fingerprint density at radius 2 is 1.88 bits per heavy atom. The number of aromatic nitrogens is 1. The number of nitrogens with one attached hydrogen (secondary N) is 1. The van der Waals surface area contributed by atoms with Crippen LogP contribution in [-0.2, 0) is 5.41 Å². The summed E-state index contributed by atoms with van der Waals surface area (Å²) in [7, 11) is 0. The molecule has 1 aliphatic rings. The van der Waals surface area contributed by atoms with E-state index >= 15 is 0 Å². The van der Waals surface area contributed by atoms with Crippen LogP contribution < -0.4 is 20.8 Å². The Balaban J connectivity index is 1.59. The number of aromatic amines is 1. The number of benzene rings is 2. The van der Waals surface area contributed by atoms with Gasteiger partial charge in [0.1, 0.15) is 11.5 Å². The predicted octanol–water partition coefficient (Wildman–Crippen LogP) is 6.08. The van der Waals surface area contributed by atoms with E-state index < -0.39 is 11.8 Å². The number of pyridine rings is 1. The lowest BCUT2D eigenvalue weighted by Gasteiger charge is -2.45. The summed E-state index contributed by atoms with van der Waals surface area (Å²) in [6.45, 7) is 1.93. The summed E-state index contributed by atoms with van der Waals surface area (Å²) >= 11 is 6.38. The van der Waals surface area contributed by atoms with Crippen molar-refractivity contribution < 1.29 is 22.6 Å². The van der Waals surface area contributed by atoms with Crippen molar-refractivity contribution in [1.82, 2.24) is 4.98 Å². The monoisotopic (exact) mass is 494 g/mol. The van der Waals surface area contributed by atoms with Gasteiger partial charge in [-0.1, -0.05) is 36.7 Å². The van der Waals surface area contributed by atoms with Gasteiger partial charge in [-0.15, -0.1) is 13.2 Å². The standard InChI is InChI=1S/C25H26ClF3N2O3/c1-2-22(30)24(18-5-3-4-6-20(18)34-25(27,28)29)10-7-16(8-11-24)33-21-13-15-9-12-31-23(32)17(15)14-19(21)26/h3-6,9,12-14,16,22H,2,7-8,10-11,30H2,1H3,(H,31,32)/t16-,22?,24+. The molecule has 2 aromatic carbocycles. The van der Waals surface area contributed by atoms with Gasteiger partial charge in [0.05, 0.1) is 11.1 Å². The Kier molecular flexibility index (Phi) is 6.82. The van der Waals surface area contributed by atoms with Gasteiger partial charge in [0.15, 0.2) is 0 Å². The van der Waals surface area contributed by atoms with Crippen molar-refractivity contribution in [2.24, 2.45) is 5.73 Å². The molecule has 0 amide bonds. The molecular formula is C25H26ClF3N2O3. The van der Waals surface area contributed by atoms with Crippen molar-refractivity contribution in [2.45, 2.75) is 63.0 Å². The van der Waals surface area contributed by atoms with E-state index in [9.17, 15) is 18.0 Å². The van der Waals surface area contributed by atoms with Crippen molar-refractivity contribution >= 4 is 22.4 Å². The number of hydrogen-bond donors (Lipinski definition) is 2. The minimum atomic E-state index is -4.79. The van der Waals surface area contributed by atoms with Crippen molar-refractivity contribution in [3.8, 4) is 11.5 Å². The van der Waals surface area contributed by atoms with Crippen LogP contribution in [0.4, 0.5) is 13.2 Å². The maximum atomic E-state index is 13.1. The minimum Gasteiger partial charge on any atom is -0.489 e. The fraction of sp³-hybridized carbons (Fsp3) is 0.400. The summed E-state index contributed by atoms with van der Waals surface area (Å²) < 4.78 is 49.8. The van der Waals surface area contributed by atoms with E-state index in [2.05, 4.69) is 9.72 Å². The van der Waals surface area contributed by atoms with Crippen LogP contribution in [0.1, 0.15) is 44.6 Å². The lowest BCUT2D eigenvalue weighted by molar-refractivity contribution is -0.275. The summed E-state index contributed by atoms with van der Waals surface area (Å²) in [4.78, 5) is 14.6. The molecule has 182 valence electrons. The van der Waals surface area contributed by atoms with Crippen molar-refractivity contribution in [1.29, 1.82) is 0 Å². The van der Waals surface area contributed by atoms with E-state index in [1.165, 1.54) is 12.1 Å². The first-order valence-corrected chi connectivity index (χ1v) is 11.6. The van der Waals surface area contributed by atoms with Gasteiger partial charge in [-0.05, 0) is 61.8 Å². The Hall–Kier alpha value is -2.71. The van der Waals surface area contributed by atoms with E-state index in [1.807, 2.05) is 6.92 Å². The molecule has 0 aliphatic heterocycles. The molecule has 4 rings (SSSR count). The topological polar surface area (TPSA) is 77.3 Å². The van der Waals surface area contributed by atoms with Crippen LogP contribution in [0.25, 0.3) is 10.8 Å². The molecule has 5 nitrogen and oxygen atoms in total. The van der Waals surface area contributed by atoms with E-state index in [-0.39, 0.29) is 23.5 Å². The number of hydrogen-bond acceptors (Lipinski definition) is 4. The molecule has 0 spiro atoms. The molecule has 0 saturated heterocycles. The maximum absolute atomic E-state index is 13.1. The van der Waals surface area contributed by atoms with Crippen LogP contribution >= 0.6 is 11.6 Å². The van der Waals surface area contributed by atoms with E-state index in [4.69, 9.17) is 22.1 Å². The molecule has 1 heterocycles. The zero-order valence-corrected chi connectivity index (χ0v) is 19.4. The third kappa shape index (κ3) is 4.88.